The third kappa shape index (κ3) is 4.51. The van der Waals surface area contributed by atoms with Crippen molar-refractivity contribution in [3.05, 3.63) is 47.7 Å². The molecule has 0 spiro atoms. The van der Waals surface area contributed by atoms with Crippen LogP contribution in [0.1, 0.15) is 19.8 Å². The van der Waals surface area contributed by atoms with Gasteiger partial charge in [-0.15, -0.1) is 0 Å². The lowest BCUT2D eigenvalue weighted by molar-refractivity contribution is 0.245. The highest BCUT2D eigenvalue weighted by Gasteiger charge is 2.11. The summed E-state index contributed by atoms with van der Waals surface area (Å²) < 4.78 is 1.89. The Morgan fingerprint density at radius 3 is 2.77 bits per heavy atom. The number of aromatic nitrogens is 1. The number of nitrogens with one attached hydrogen (secondary N) is 2. The molecule has 5 nitrogen and oxygen atoms in total. The van der Waals surface area contributed by atoms with Crippen molar-refractivity contribution >= 4 is 23.3 Å². The Labute approximate surface area is 134 Å². The van der Waals surface area contributed by atoms with Gasteiger partial charge in [0.25, 0.3) is 0 Å². The minimum absolute atomic E-state index is 0.00511. The van der Waals surface area contributed by atoms with Crippen LogP contribution in [0.2, 0.25) is 5.02 Å². The van der Waals surface area contributed by atoms with E-state index in [0.29, 0.717) is 17.1 Å². The number of carbonyl (C=O) groups is 1. The fraction of sp³-hybridized carbons (Fsp3) is 0.312. The first-order chi connectivity index (χ1) is 10.6. The van der Waals surface area contributed by atoms with Gasteiger partial charge in [-0.2, -0.15) is 0 Å². The molecule has 1 atom stereocenters. The van der Waals surface area contributed by atoms with E-state index < -0.39 is 0 Å². The van der Waals surface area contributed by atoms with Crippen molar-refractivity contribution in [1.29, 1.82) is 0 Å². The summed E-state index contributed by atoms with van der Waals surface area (Å²) in [6.07, 6.45) is 5.17. The zero-order valence-corrected chi connectivity index (χ0v) is 13.2. The molecule has 1 aromatic carbocycles. The maximum atomic E-state index is 12.1. The number of urea groups is 1. The van der Waals surface area contributed by atoms with Crippen LogP contribution >= 0.6 is 11.6 Å². The van der Waals surface area contributed by atoms with Gasteiger partial charge in [0.1, 0.15) is 0 Å². The van der Waals surface area contributed by atoms with Gasteiger partial charge in [0.15, 0.2) is 0 Å². The molecule has 0 aliphatic rings. The standard InChI is InChI=1S/C16H20ClN3O2/c1-12(5-4-10-21)18-16(22)19-14-7-6-13(17)11-15(14)20-8-2-3-9-20/h2-3,6-9,11-12,21H,4-5,10H2,1H3,(H2,18,19,22). The Hall–Kier alpha value is -1.98. The molecule has 3 N–H and O–H groups in total. The largest absolute Gasteiger partial charge is 0.396 e. The first-order valence-electron chi connectivity index (χ1n) is 7.21. The molecular formula is C16H20ClN3O2. The summed E-state index contributed by atoms with van der Waals surface area (Å²) >= 11 is 6.05. The van der Waals surface area contributed by atoms with Gasteiger partial charge in [-0.25, -0.2) is 4.79 Å². The lowest BCUT2D eigenvalue weighted by atomic mass is 10.2. The molecule has 0 saturated heterocycles. The maximum absolute atomic E-state index is 12.1. The third-order valence-electron chi connectivity index (χ3n) is 3.26. The number of aliphatic hydroxyl groups excluding tert-OH is 1. The van der Waals surface area contributed by atoms with Crippen LogP contribution in [-0.4, -0.2) is 28.4 Å². The van der Waals surface area contributed by atoms with E-state index in [2.05, 4.69) is 10.6 Å². The zero-order chi connectivity index (χ0) is 15.9. The van der Waals surface area contributed by atoms with E-state index in [1.165, 1.54) is 0 Å². The van der Waals surface area contributed by atoms with E-state index in [1.807, 2.05) is 36.0 Å². The number of hydrogen-bond acceptors (Lipinski definition) is 2. The minimum Gasteiger partial charge on any atom is -0.396 e. The maximum Gasteiger partial charge on any atom is 0.319 e. The van der Waals surface area contributed by atoms with Crippen LogP contribution in [-0.2, 0) is 0 Å². The smallest absolute Gasteiger partial charge is 0.319 e. The van der Waals surface area contributed by atoms with Crippen molar-refractivity contribution in [1.82, 2.24) is 9.88 Å². The summed E-state index contributed by atoms with van der Waals surface area (Å²) in [5, 5.41) is 15.1. The van der Waals surface area contributed by atoms with Crippen LogP contribution < -0.4 is 10.6 Å². The summed E-state index contributed by atoms with van der Waals surface area (Å²) in [6, 6.07) is 8.83. The van der Waals surface area contributed by atoms with E-state index in [0.717, 1.165) is 12.1 Å². The first kappa shape index (κ1) is 16.4. The fourth-order valence-electron chi connectivity index (χ4n) is 2.17. The Bertz CT molecular complexity index is 614. The van der Waals surface area contributed by atoms with Crippen LogP contribution in [0.15, 0.2) is 42.7 Å². The number of hydrogen-bond donors (Lipinski definition) is 3. The number of carbonyl (C=O) groups excluding carboxylic acids is 1. The predicted octanol–water partition coefficient (Wildman–Crippen LogP) is 3.41. The monoisotopic (exact) mass is 321 g/mol. The van der Waals surface area contributed by atoms with Crippen molar-refractivity contribution < 1.29 is 9.90 Å². The molecule has 0 fully saturated rings. The Balaban J connectivity index is 2.08. The van der Waals surface area contributed by atoms with Crippen LogP contribution in [0.25, 0.3) is 5.69 Å². The van der Waals surface area contributed by atoms with Gasteiger partial charge in [-0.1, -0.05) is 11.6 Å². The van der Waals surface area contributed by atoms with Gasteiger partial charge in [0.2, 0.25) is 0 Å². The second-order valence-electron chi connectivity index (χ2n) is 5.12. The van der Waals surface area contributed by atoms with E-state index in [1.54, 1.807) is 18.2 Å². The van der Waals surface area contributed by atoms with Crippen LogP contribution in [0.5, 0.6) is 0 Å². The van der Waals surface area contributed by atoms with E-state index in [9.17, 15) is 4.79 Å². The first-order valence-corrected chi connectivity index (χ1v) is 7.59. The molecule has 0 radical (unpaired) electrons. The van der Waals surface area contributed by atoms with Gasteiger partial charge in [-0.3, -0.25) is 0 Å². The normalized spacial score (nSPS) is 12.0. The third-order valence-corrected chi connectivity index (χ3v) is 3.50. The Morgan fingerprint density at radius 1 is 1.36 bits per heavy atom. The summed E-state index contributed by atoms with van der Waals surface area (Å²) in [7, 11) is 0. The summed E-state index contributed by atoms with van der Waals surface area (Å²) in [6.45, 7) is 2.03. The molecule has 2 rings (SSSR count). The lowest BCUT2D eigenvalue weighted by Crippen LogP contribution is -2.36. The Morgan fingerprint density at radius 2 is 2.09 bits per heavy atom. The topological polar surface area (TPSA) is 66.3 Å². The molecule has 6 heteroatoms. The number of nitrogens with zero attached hydrogens (tertiary/aromatic N) is 1. The minimum atomic E-state index is -0.277. The molecule has 2 aromatic rings. The molecule has 0 bridgehead atoms. The Kier molecular flexibility index (Phi) is 5.86. The number of benzene rings is 1. The average Bonchev–Trinajstić information content (AvgIpc) is 3.01. The second-order valence-corrected chi connectivity index (χ2v) is 5.55. The van der Waals surface area contributed by atoms with Crippen LogP contribution in [0, 0.1) is 0 Å². The van der Waals surface area contributed by atoms with E-state index in [4.69, 9.17) is 16.7 Å². The van der Waals surface area contributed by atoms with Gasteiger partial charge in [0, 0.05) is 30.1 Å². The second kappa shape index (κ2) is 7.87. The molecule has 2 amide bonds. The van der Waals surface area contributed by atoms with Crippen molar-refractivity contribution in [2.75, 3.05) is 11.9 Å². The zero-order valence-electron chi connectivity index (χ0n) is 12.4. The molecule has 1 unspecified atom stereocenters. The molecular weight excluding hydrogens is 302 g/mol. The number of rotatable bonds is 6. The summed E-state index contributed by atoms with van der Waals surface area (Å²) in [5.74, 6) is 0. The molecule has 0 aliphatic heterocycles. The molecule has 0 aliphatic carbocycles. The summed E-state index contributed by atoms with van der Waals surface area (Å²) in [5.41, 5.74) is 1.48. The molecule has 118 valence electrons. The van der Waals surface area contributed by atoms with Crippen molar-refractivity contribution in [2.45, 2.75) is 25.8 Å². The SMILES string of the molecule is CC(CCCO)NC(=O)Nc1ccc(Cl)cc1-n1cccc1. The van der Waals surface area contributed by atoms with Gasteiger partial charge in [-0.05, 0) is 50.1 Å². The van der Waals surface area contributed by atoms with Gasteiger partial charge in [0.05, 0.1) is 11.4 Å². The van der Waals surface area contributed by atoms with Crippen LogP contribution in [0.4, 0.5) is 10.5 Å². The molecule has 1 heterocycles. The van der Waals surface area contributed by atoms with Crippen molar-refractivity contribution in [3.63, 3.8) is 0 Å². The van der Waals surface area contributed by atoms with Crippen LogP contribution in [0.3, 0.4) is 0 Å². The number of halogens is 1. The quantitative estimate of drug-likeness (QED) is 0.763. The highest BCUT2D eigenvalue weighted by atomic mass is 35.5. The van der Waals surface area contributed by atoms with Crippen molar-refractivity contribution in [3.8, 4) is 5.69 Å². The summed E-state index contributed by atoms with van der Waals surface area (Å²) in [4.78, 5) is 12.1. The number of amides is 2. The van der Waals surface area contributed by atoms with Gasteiger partial charge < -0.3 is 20.3 Å². The van der Waals surface area contributed by atoms with Crippen molar-refractivity contribution in [2.24, 2.45) is 0 Å². The predicted molar refractivity (Wildman–Crippen MR) is 88.7 cm³/mol. The molecule has 22 heavy (non-hydrogen) atoms. The highest BCUT2D eigenvalue weighted by Crippen LogP contribution is 2.24. The lowest BCUT2D eigenvalue weighted by Gasteiger charge is -2.16. The average molecular weight is 322 g/mol. The molecule has 0 saturated carbocycles. The fourth-order valence-corrected chi connectivity index (χ4v) is 2.34. The number of aliphatic hydroxyl groups is 1. The van der Waals surface area contributed by atoms with Gasteiger partial charge >= 0.3 is 6.03 Å². The van der Waals surface area contributed by atoms with E-state index >= 15 is 0 Å². The highest BCUT2D eigenvalue weighted by molar-refractivity contribution is 6.30. The molecule has 1 aromatic heterocycles. The van der Waals surface area contributed by atoms with E-state index in [-0.39, 0.29) is 18.7 Å². The number of anilines is 1.